The molecule has 0 aliphatic rings. The van der Waals surface area contributed by atoms with Crippen LogP contribution in [-0.4, -0.2) is 26.8 Å². The normalized spacial score (nSPS) is 11.2. The third-order valence-corrected chi connectivity index (χ3v) is 4.39. The van der Waals surface area contributed by atoms with Crippen molar-refractivity contribution < 1.29 is 17.9 Å². The van der Waals surface area contributed by atoms with Gasteiger partial charge in [0.15, 0.2) is 9.84 Å². The van der Waals surface area contributed by atoms with Gasteiger partial charge in [-0.2, -0.15) is 0 Å². The van der Waals surface area contributed by atoms with Gasteiger partial charge < -0.3 is 15.4 Å². The first-order chi connectivity index (χ1) is 11.7. The number of ether oxygens (including phenoxy) is 1. The van der Waals surface area contributed by atoms with Gasteiger partial charge in [0, 0.05) is 18.5 Å². The number of hydrogen-bond donors (Lipinski definition) is 2. The van der Waals surface area contributed by atoms with Gasteiger partial charge in [0.1, 0.15) is 5.75 Å². The van der Waals surface area contributed by atoms with Crippen molar-refractivity contribution in [3.63, 3.8) is 0 Å². The zero-order valence-corrected chi connectivity index (χ0v) is 15.3. The van der Waals surface area contributed by atoms with Gasteiger partial charge >= 0.3 is 6.03 Å². The van der Waals surface area contributed by atoms with Crippen molar-refractivity contribution in [3.05, 3.63) is 54.1 Å². The lowest BCUT2D eigenvalue weighted by atomic mass is 10.2. The first-order valence-electron chi connectivity index (χ1n) is 7.84. The fourth-order valence-corrected chi connectivity index (χ4v) is 2.77. The van der Waals surface area contributed by atoms with E-state index in [0.29, 0.717) is 12.2 Å². The Labute approximate surface area is 148 Å². The second-order valence-corrected chi connectivity index (χ2v) is 7.93. The van der Waals surface area contributed by atoms with Gasteiger partial charge in [-0.05, 0) is 55.8 Å². The molecule has 2 aromatic rings. The molecule has 134 valence electrons. The maximum Gasteiger partial charge on any atom is 0.319 e. The third kappa shape index (κ3) is 6.11. The fourth-order valence-electron chi connectivity index (χ4n) is 2.14. The molecular weight excluding hydrogens is 340 g/mol. The van der Waals surface area contributed by atoms with Crippen LogP contribution in [0.15, 0.2) is 53.4 Å². The van der Waals surface area contributed by atoms with Gasteiger partial charge in [0.25, 0.3) is 0 Å². The summed E-state index contributed by atoms with van der Waals surface area (Å²) in [6.07, 6.45) is 1.22. The maximum absolute atomic E-state index is 12.0. The first-order valence-corrected chi connectivity index (χ1v) is 9.74. The summed E-state index contributed by atoms with van der Waals surface area (Å²) in [4.78, 5) is 12.2. The summed E-state index contributed by atoms with van der Waals surface area (Å²) in [6, 6.07) is 13.1. The molecule has 0 aliphatic heterocycles. The van der Waals surface area contributed by atoms with E-state index >= 15 is 0 Å². The molecule has 0 atom stereocenters. The van der Waals surface area contributed by atoms with Crippen molar-refractivity contribution in [1.29, 1.82) is 0 Å². The van der Waals surface area contributed by atoms with E-state index in [-0.39, 0.29) is 17.0 Å². The van der Waals surface area contributed by atoms with Crippen LogP contribution in [-0.2, 0) is 16.4 Å². The minimum Gasteiger partial charge on any atom is -0.491 e. The minimum atomic E-state index is -3.25. The number of anilines is 1. The Morgan fingerprint density at radius 2 is 1.80 bits per heavy atom. The lowest BCUT2D eigenvalue weighted by Gasteiger charge is -2.12. The van der Waals surface area contributed by atoms with Crippen LogP contribution in [0.4, 0.5) is 10.5 Å². The minimum absolute atomic E-state index is 0.0846. The highest BCUT2D eigenvalue weighted by molar-refractivity contribution is 7.90. The molecule has 0 radical (unpaired) electrons. The quantitative estimate of drug-likeness (QED) is 0.826. The number of carbonyl (C=O) groups is 1. The molecule has 2 rings (SSSR count). The predicted molar refractivity (Wildman–Crippen MR) is 97.6 cm³/mol. The average molecular weight is 362 g/mol. The summed E-state index contributed by atoms with van der Waals surface area (Å²) in [5, 5.41) is 5.41. The molecule has 0 aromatic heterocycles. The monoisotopic (exact) mass is 362 g/mol. The zero-order chi connectivity index (χ0) is 18.4. The summed E-state index contributed by atoms with van der Waals surface area (Å²) < 4.78 is 28.4. The van der Waals surface area contributed by atoms with Crippen LogP contribution in [0.1, 0.15) is 19.4 Å². The van der Waals surface area contributed by atoms with Crippen molar-refractivity contribution in [2.45, 2.75) is 31.4 Å². The molecule has 2 amide bonds. The molecule has 0 saturated carbocycles. The van der Waals surface area contributed by atoms with Gasteiger partial charge in [-0.15, -0.1) is 0 Å². The number of benzene rings is 2. The molecule has 0 bridgehead atoms. The van der Waals surface area contributed by atoms with Gasteiger partial charge in [0.05, 0.1) is 11.0 Å². The second-order valence-electron chi connectivity index (χ2n) is 5.92. The van der Waals surface area contributed by atoms with E-state index in [4.69, 9.17) is 4.74 Å². The lowest BCUT2D eigenvalue weighted by Crippen LogP contribution is -2.28. The summed E-state index contributed by atoms with van der Waals surface area (Å²) in [6.45, 7) is 4.25. The van der Waals surface area contributed by atoms with Crippen LogP contribution >= 0.6 is 0 Å². The van der Waals surface area contributed by atoms with Crippen LogP contribution in [0, 0.1) is 0 Å². The Morgan fingerprint density at radius 3 is 2.40 bits per heavy atom. The van der Waals surface area contributed by atoms with Crippen molar-refractivity contribution >= 4 is 21.6 Å². The van der Waals surface area contributed by atoms with E-state index in [0.717, 1.165) is 17.6 Å². The van der Waals surface area contributed by atoms with Crippen LogP contribution in [0.2, 0.25) is 0 Å². The fraction of sp³-hybridized carbons (Fsp3) is 0.278. The Hall–Kier alpha value is -2.54. The molecule has 7 heteroatoms. The molecule has 0 heterocycles. The number of hydrogen-bond acceptors (Lipinski definition) is 4. The number of urea groups is 1. The largest absolute Gasteiger partial charge is 0.491 e. The Balaban J connectivity index is 1.90. The SMILES string of the molecule is CC(C)Oc1cccc(CNC(=O)Nc2ccc(S(C)(=O)=O)cc2)c1. The topological polar surface area (TPSA) is 84.5 Å². The molecule has 2 N–H and O–H groups in total. The average Bonchev–Trinajstić information content (AvgIpc) is 2.52. The molecule has 6 nitrogen and oxygen atoms in total. The van der Waals surface area contributed by atoms with Crippen LogP contribution in [0.5, 0.6) is 5.75 Å². The number of amides is 2. The Morgan fingerprint density at radius 1 is 1.12 bits per heavy atom. The molecule has 0 fully saturated rings. The molecule has 25 heavy (non-hydrogen) atoms. The highest BCUT2D eigenvalue weighted by atomic mass is 32.2. The standard InChI is InChI=1S/C18H22N2O4S/c1-13(2)24-16-6-4-5-14(11-16)12-19-18(21)20-15-7-9-17(10-8-15)25(3,22)23/h4-11,13H,12H2,1-3H3,(H2,19,20,21). The molecule has 0 spiro atoms. The molecule has 0 unspecified atom stereocenters. The molecule has 2 aromatic carbocycles. The van der Waals surface area contributed by atoms with Crippen LogP contribution in [0.3, 0.4) is 0 Å². The zero-order valence-electron chi connectivity index (χ0n) is 14.4. The predicted octanol–water partition coefficient (Wildman–Crippen LogP) is 3.20. The van der Waals surface area contributed by atoms with E-state index in [1.54, 1.807) is 12.1 Å². The van der Waals surface area contributed by atoms with Crippen molar-refractivity contribution in [1.82, 2.24) is 5.32 Å². The molecular formula is C18H22N2O4S. The van der Waals surface area contributed by atoms with Crippen molar-refractivity contribution in [3.8, 4) is 5.75 Å². The highest BCUT2D eigenvalue weighted by Gasteiger charge is 2.07. The lowest BCUT2D eigenvalue weighted by molar-refractivity contribution is 0.242. The van der Waals surface area contributed by atoms with E-state index in [9.17, 15) is 13.2 Å². The summed E-state index contributed by atoms with van der Waals surface area (Å²) in [5.74, 6) is 0.756. The maximum atomic E-state index is 12.0. The van der Waals surface area contributed by atoms with Gasteiger partial charge in [-0.3, -0.25) is 0 Å². The molecule has 0 saturated heterocycles. The number of nitrogens with one attached hydrogen (secondary N) is 2. The van der Waals surface area contributed by atoms with Gasteiger partial charge in [-0.25, -0.2) is 13.2 Å². The van der Waals surface area contributed by atoms with Gasteiger partial charge in [-0.1, -0.05) is 12.1 Å². The van der Waals surface area contributed by atoms with E-state index in [1.165, 1.54) is 12.1 Å². The van der Waals surface area contributed by atoms with Crippen molar-refractivity contribution in [2.75, 3.05) is 11.6 Å². The van der Waals surface area contributed by atoms with E-state index < -0.39 is 9.84 Å². The number of carbonyl (C=O) groups excluding carboxylic acids is 1. The summed E-state index contributed by atoms with van der Waals surface area (Å²) in [7, 11) is -3.25. The smallest absolute Gasteiger partial charge is 0.319 e. The highest BCUT2D eigenvalue weighted by Crippen LogP contribution is 2.15. The van der Waals surface area contributed by atoms with Crippen LogP contribution in [0.25, 0.3) is 0 Å². The first kappa shape index (κ1) is 18.8. The Kier molecular flexibility index (Phi) is 6.03. The van der Waals surface area contributed by atoms with Crippen LogP contribution < -0.4 is 15.4 Å². The number of rotatable bonds is 6. The van der Waals surface area contributed by atoms with Crippen molar-refractivity contribution in [2.24, 2.45) is 0 Å². The number of sulfone groups is 1. The van der Waals surface area contributed by atoms with E-state index in [1.807, 2.05) is 38.1 Å². The van der Waals surface area contributed by atoms with Gasteiger partial charge in [0.2, 0.25) is 0 Å². The molecule has 0 aliphatic carbocycles. The summed E-state index contributed by atoms with van der Waals surface area (Å²) >= 11 is 0. The summed E-state index contributed by atoms with van der Waals surface area (Å²) in [5.41, 5.74) is 1.43. The van der Waals surface area contributed by atoms with E-state index in [2.05, 4.69) is 10.6 Å². The second kappa shape index (κ2) is 8.02. The Bertz CT molecular complexity index is 830. The third-order valence-electron chi connectivity index (χ3n) is 3.26.